The Kier molecular flexibility index (Phi) is 5.89. The molecule has 1 aliphatic heterocycles. The van der Waals surface area contributed by atoms with E-state index in [-0.39, 0.29) is 11.9 Å². The van der Waals surface area contributed by atoms with Crippen LogP contribution in [0.15, 0.2) is 45.7 Å². The molecule has 7 nitrogen and oxygen atoms in total. The van der Waals surface area contributed by atoms with E-state index in [1.807, 2.05) is 0 Å². The van der Waals surface area contributed by atoms with E-state index in [0.717, 1.165) is 25.8 Å². The van der Waals surface area contributed by atoms with Crippen molar-refractivity contribution < 1.29 is 9.21 Å². The molecule has 1 N–H and O–H groups in total. The SMILES string of the molecule is O=C(Nc1ccc(Cl)c(Cl)c1)[C@H]1CCCCN1CCn1c(=O)oc2cccnc21. The van der Waals surface area contributed by atoms with Crippen molar-refractivity contribution in [1.82, 2.24) is 14.5 Å². The van der Waals surface area contributed by atoms with Crippen LogP contribution < -0.4 is 11.1 Å². The molecule has 1 aliphatic rings. The highest BCUT2D eigenvalue weighted by Gasteiger charge is 2.29. The van der Waals surface area contributed by atoms with Gasteiger partial charge in [0.15, 0.2) is 11.2 Å². The summed E-state index contributed by atoms with van der Waals surface area (Å²) in [5, 5.41) is 3.75. The molecule has 3 heterocycles. The monoisotopic (exact) mass is 434 g/mol. The van der Waals surface area contributed by atoms with Crippen molar-refractivity contribution in [2.45, 2.75) is 31.8 Å². The second-order valence-electron chi connectivity index (χ2n) is 7.01. The van der Waals surface area contributed by atoms with Crippen molar-refractivity contribution in [1.29, 1.82) is 0 Å². The molecule has 0 bridgehead atoms. The second-order valence-corrected chi connectivity index (χ2v) is 7.82. The van der Waals surface area contributed by atoms with Crippen LogP contribution >= 0.6 is 23.2 Å². The summed E-state index contributed by atoms with van der Waals surface area (Å²) in [7, 11) is 0. The average molecular weight is 435 g/mol. The highest BCUT2D eigenvalue weighted by atomic mass is 35.5. The smallest absolute Gasteiger partial charge is 0.406 e. The maximum Gasteiger partial charge on any atom is 0.421 e. The number of hydrogen-bond donors (Lipinski definition) is 1. The largest absolute Gasteiger partial charge is 0.421 e. The zero-order valence-corrected chi connectivity index (χ0v) is 17.1. The van der Waals surface area contributed by atoms with E-state index < -0.39 is 5.76 Å². The van der Waals surface area contributed by atoms with E-state index >= 15 is 0 Å². The van der Waals surface area contributed by atoms with Gasteiger partial charge in [-0.3, -0.25) is 14.3 Å². The number of aromatic nitrogens is 2. The highest BCUT2D eigenvalue weighted by Crippen LogP contribution is 2.26. The van der Waals surface area contributed by atoms with E-state index in [1.54, 1.807) is 36.5 Å². The molecular formula is C20H20Cl2N4O3. The number of oxazole rings is 1. The Morgan fingerprint density at radius 3 is 2.90 bits per heavy atom. The highest BCUT2D eigenvalue weighted by molar-refractivity contribution is 6.42. The number of pyridine rings is 1. The van der Waals surface area contributed by atoms with Crippen LogP contribution in [0.1, 0.15) is 19.3 Å². The summed E-state index contributed by atoms with van der Waals surface area (Å²) in [6, 6.07) is 8.18. The van der Waals surface area contributed by atoms with Gasteiger partial charge in [-0.05, 0) is 49.7 Å². The molecule has 0 unspecified atom stereocenters. The van der Waals surface area contributed by atoms with E-state index in [4.69, 9.17) is 27.6 Å². The fraction of sp³-hybridized carbons (Fsp3) is 0.350. The summed E-state index contributed by atoms with van der Waals surface area (Å²) < 4.78 is 6.75. The maximum absolute atomic E-state index is 12.9. The predicted molar refractivity (Wildman–Crippen MR) is 113 cm³/mol. The summed E-state index contributed by atoms with van der Waals surface area (Å²) in [5.74, 6) is -0.530. The Hall–Kier alpha value is -2.35. The number of likely N-dealkylation sites (tertiary alicyclic amines) is 1. The molecule has 9 heteroatoms. The molecule has 3 aromatic rings. The summed E-state index contributed by atoms with van der Waals surface area (Å²) in [5.41, 5.74) is 1.59. The van der Waals surface area contributed by atoms with Gasteiger partial charge in [0.1, 0.15) is 0 Å². The lowest BCUT2D eigenvalue weighted by atomic mass is 10.0. The molecule has 1 saturated heterocycles. The molecule has 1 aromatic carbocycles. The van der Waals surface area contributed by atoms with Crippen molar-refractivity contribution in [3.05, 3.63) is 57.1 Å². The van der Waals surface area contributed by atoms with Gasteiger partial charge >= 0.3 is 5.76 Å². The normalized spacial score (nSPS) is 17.5. The van der Waals surface area contributed by atoms with Gasteiger partial charge in [-0.25, -0.2) is 9.78 Å². The quantitative estimate of drug-likeness (QED) is 0.660. The molecule has 1 atom stereocenters. The maximum atomic E-state index is 12.9. The van der Waals surface area contributed by atoms with Crippen LogP contribution in [-0.4, -0.2) is 39.5 Å². The van der Waals surface area contributed by atoms with Gasteiger partial charge in [0.05, 0.1) is 16.1 Å². The first-order valence-corrected chi connectivity index (χ1v) is 10.2. The number of halogens is 2. The van der Waals surface area contributed by atoms with Gasteiger partial charge in [0.2, 0.25) is 5.91 Å². The number of nitrogens with one attached hydrogen (secondary N) is 1. The van der Waals surface area contributed by atoms with Gasteiger partial charge in [-0.15, -0.1) is 0 Å². The molecule has 0 aliphatic carbocycles. The molecular weight excluding hydrogens is 415 g/mol. The minimum atomic E-state index is -0.437. The number of nitrogens with zero attached hydrogens (tertiary/aromatic N) is 3. The third-order valence-corrected chi connectivity index (χ3v) is 5.88. The van der Waals surface area contributed by atoms with E-state index in [1.165, 1.54) is 4.57 Å². The number of piperidine rings is 1. The third kappa shape index (κ3) is 4.32. The Bertz CT molecular complexity index is 1090. The van der Waals surface area contributed by atoms with Crippen LogP contribution in [-0.2, 0) is 11.3 Å². The minimum Gasteiger partial charge on any atom is -0.406 e. The van der Waals surface area contributed by atoms with Gasteiger partial charge in [0, 0.05) is 25.0 Å². The predicted octanol–water partition coefficient (Wildman–Crippen LogP) is 3.79. The molecule has 2 aromatic heterocycles. The first kappa shape index (κ1) is 19.9. The zero-order valence-electron chi connectivity index (χ0n) is 15.6. The molecule has 0 radical (unpaired) electrons. The van der Waals surface area contributed by atoms with Crippen molar-refractivity contribution in [3.63, 3.8) is 0 Å². The molecule has 0 spiro atoms. The Morgan fingerprint density at radius 2 is 2.07 bits per heavy atom. The van der Waals surface area contributed by atoms with Crippen molar-refractivity contribution in [2.24, 2.45) is 0 Å². The lowest BCUT2D eigenvalue weighted by Gasteiger charge is -2.34. The van der Waals surface area contributed by atoms with Gasteiger partial charge in [-0.1, -0.05) is 29.6 Å². The van der Waals surface area contributed by atoms with Gasteiger partial charge in [-0.2, -0.15) is 0 Å². The summed E-state index contributed by atoms with van der Waals surface area (Å²) >= 11 is 12.0. The zero-order chi connectivity index (χ0) is 20.4. The summed E-state index contributed by atoms with van der Waals surface area (Å²) in [6.45, 7) is 1.74. The number of anilines is 1. The first-order chi connectivity index (χ1) is 14.0. The molecule has 152 valence electrons. The number of benzene rings is 1. The number of carbonyl (C=O) groups excluding carboxylic acids is 1. The number of carbonyl (C=O) groups is 1. The number of hydrogen-bond acceptors (Lipinski definition) is 5. The van der Waals surface area contributed by atoms with Gasteiger partial charge < -0.3 is 9.73 Å². The van der Waals surface area contributed by atoms with Crippen molar-refractivity contribution in [2.75, 3.05) is 18.4 Å². The van der Waals surface area contributed by atoms with E-state index in [0.29, 0.717) is 40.1 Å². The van der Waals surface area contributed by atoms with E-state index in [2.05, 4.69) is 15.2 Å². The Labute approximate surface area is 177 Å². The fourth-order valence-corrected chi connectivity index (χ4v) is 3.98. The number of amides is 1. The van der Waals surface area contributed by atoms with Crippen LogP contribution in [0.5, 0.6) is 0 Å². The fourth-order valence-electron chi connectivity index (χ4n) is 3.68. The molecule has 1 amide bonds. The first-order valence-electron chi connectivity index (χ1n) is 9.47. The number of fused-ring (bicyclic) bond motifs is 1. The standard InChI is InChI=1S/C20H20Cl2N4O3/c21-14-7-6-13(12-15(14)22)24-19(27)16-4-1-2-9-25(16)10-11-26-18-17(29-20(26)28)5-3-8-23-18/h3,5-8,12,16H,1-2,4,9-11H2,(H,24,27)/t16-/m1/s1. The van der Waals surface area contributed by atoms with Gasteiger partial charge in [0.25, 0.3) is 0 Å². The van der Waals surface area contributed by atoms with Crippen LogP contribution in [0.4, 0.5) is 5.69 Å². The van der Waals surface area contributed by atoms with Crippen molar-refractivity contribution >= 4 is 46.0 Å². The average Bonchev–Trinajstić information content (AvgIpc) is 3.04. The summed E-state index contributed by atoms with van der Waals surface area (Å²) in [6.07, 6.45) is 4.37. The van der Waals surface area contributed by atoms with Crippen LogP contribution in [0.2, 0.25) is 10.0 Å². The molecule has 1 fully saturated rings. The van der Waals surface area contributed by atoms with Crippen LogP contribution in [0, 0.1) is 0 Å². The van der Waals surface area contributed by atoms with Crippen molar-refractivity contribution in [3.8, 4) is 0 Å². The lowest BCUT2D eigenvalue weighted by Crippen LogP contribution is -2.48. The molecule has 29 heavy (non-hydrogen) atoms. The Morgan fingerprint density at radius 1 is 1.21 bits per heavy atom. The van der Waals surface area contributed by atoms with Crippen LogP contribution in [0.3, 0.4) is 0 Å². The van der Waals surface area contributed by atoms with E-state index in [9.17, 15) is 9.59 Å². The minimum absolute atomic E-state index is 0.0920. The topological polar surface area (TPSA) is 80.4 Å². The number of rotatable bonds is 5. The second kappa shape index (κ2) is 8.57. The molecule has 4 rings (SSSR count). The van der Waals surface area contributed by atoms with Crippen LogP contribution in [0.25, 0.3) is 11.2 Å². The Balaban J connectivity index is 1.47. The molecule has 0 saturated carbocycles. The summed E-state index contributed by atoms with van der Waals surface area (Å²) in [4.78, 5) is 31.4. The lowest BCUT2D eigenvalue weighted by molar-refractivity contribution is -0.122. The third-order valence-electron chi connectivity index (χ3n) is 5.14.